The molecule has 16 heavy (non-hydrogen) atoms. The molecular formula is C12H20N2O2. The van der Waals surface area contributed by atoms with E-state index in [0.29, 0.717) is 6.61 Å². The van der Waals surface area contributed by atoms with Gasteiger partial charge in [0.05, 0.1) is 18.8 Å². The maximum atomic E-state index is 6.03. The number of hydrogen-bond acceptors (Lipinski definition) is 4. The molecule has 0 fully saturated rings. The van der Waals surface area contributed by atoms with E-state index >= 15 is 0 Å². The smallest absolute Gasteiger partial charge is 0.141 e. The summed E-state index contributed by atoms with van der Waals surface area (Å²) in [6.07, 6.45) is 3.51. The van der Waals surface area contributed by atoms with E-state index in [1.54, 1.807) is 13.3 Å². The van der Waals surface area contributed by atoms with Crippen molar-refractivity contribution < 1.29 is 9.47 Å². The van der Waals surface area contributed by atoms with Crippen molar-refractivity contribution >= 4 is 0 Å². The van der Waals surface area contributed by atoms with Crippen molar-refractivity contribution in [3.05, 3.63) is 24.0 Å². The van der Waals surface area contributed by atoms with Crippen LogP contribution in [0.3, 0.4) is 0 Å². The molecule has 0 spiro atoms. The third kappa shape index (κ3) is 3.79. The Hall–Kier alpha value is -1.13. The SMILES string of the molecule is CCCOCCC(N)c1ncccc1OC. The van der Waals surface area contributed by atoms with Gasteiger partial charge in [-0.25, -0.2) is 0 Å². The maximum Gasteiger partial charge on any atom is 0.141 e. The highest BCUT2D eigenvalue weighted by atomic mass is 16.5. The molecule has 1 rings (SSSR count). The Labute approximate surface area is 96.8 Å². The summed E-state index contributed by atoms with van der Waals surface area (Å²) in [5, 5.41) is 0. The fourth-order valence-electron chi connectivity index (χ4n) is 1.45. The van der Waals surface area contributed by atoms with E-state index < -0.39 is 0 Å². The summed E-state index contributed by atoms with van der Waals surface area (Å²) in [7, 11) is 1.63. The summed E-state index contributed by atoms with van der Waals surface area (Å²) in [6, 6.07) is 3.57. The van der Waals surface area contributed by atoms with E-state index in [-0.39, 0.29) is 6.04 Å². The van der Waals surface area contributed by atoms with Gasteiger partial charge in [-0.3, -0.25) is 4.98 Å². The largest absolute Gasteiger partial charge is 0.495 e. The number of nitrogens with zero attached hydrogens (tertiary/aromatic N) is 1. The average Bonchev–Trinajstić information content (AvgIpc) is 2.34. The summed E-state index contributed by atoms with van der Waals surface area (Å²) < 4.78 is 10.6. The zero-order valence-electron chi connectivity index (χ0n) is 9.98. The van der Waals surface area contributed by atoms with Gasteiger partial charge in [0, 0.05) is 19.4 Å². The zero-order valence-corrected chi connectivity index (χ0v) is 9.98. The Morgan fingerprint density at radius 1 is 1.44 bits per heavy atom. The number of rotatable bonds is 7. The van der Waals surface area contributed by atoms with Crippen LogP contribution in [-0.4, -0.2) is 25.3 Å². The second-order valence-corrected chi connectivity index (χ2v) is 3.60. The van der Waals surface area contributed by atoms with Crippen molar-refractivity contribution in [2.75, 3.05) is 20.3 Å². The molecule has 1 aromatic heterocycles. The lowest BCUT2D eigenvalue weighted by Gasteiger charge is -2.14. The van der Waals surface area contributed by atoms with Crippen molar-refractivity contribution in [2.45, 2.75) is 25.8 Å². The second kappa shape index (κ2) is 7.19. The highest BCUT2D eigenvalue weighted by Gasteiger charge is 2.12. The van der Waals surface area contributed by atoms with Gasteiger partial charge >= 0.3 is 0 Å². The fraction of sp³-hybridized carbons (Fsp3) is 0.583. The van der Waals surface area contributed by atoms with Crippen molar-refractivity contribution in [3.8, 4) is 5.75 Å². The number of methoxy groups -OCH3 is 1. The topological polar surface area (TPSA) is 57.4 Å². The van der Waals surface area contributed by atoms with Gasteiger partial charge in [0.2, 0.25) is 0 Å². The fourth-order valence-corrected chi connectivity index (χ4v) is 1.45. The Bertz CT molecular complexity index is 305. The summed E-state index contributed by atoms with van der Waals surface area (Å²) in [5.74, 6) is 0.741. The van der Waals surface area contributed by atoms with Gasteiger partial charge in [0.25, 0.3) is 0 Å². The van der Waals surface area contributed by atoms with Crippen LogP contribution in [0.25, 0.3) is 0 Å². The van der Waals surface area contributed by atoms with Crippen LogP contribution in [0.15, 0.2) is 18.3 Å². The Morgan fingerprint density at radius 2 is 2.25 bits per heavy atom. The molecule has 2 N–H and O–H groups in total. The number of hydrogen-bond donors (Lipinski definition) is 1. The monoisotopic (exact) mass is 224 g/mol. The van der Waals surface area contributed by atoms with Crippen molar-refractivity contribution in [2.24, 2.45) is 5.73 Å². The van der Waals surface area contributed by atoms with Crippen molar-refractivity contribution in [3.63, 3.8) is 0 Å². The molecule has 1 aromatic rings. The van der Waals surface area contributed by atoms with Crippen molar-refractivity contribution in [1.82, 2.24) is 4.98 Å². The normalized spacial score (nSPS) is 12.4. The van der Waals surface area contributed by atoms with E-state index in [0.717, 1.165) is 30.9 Å². The maximum absolute atomic E-state index is 6.03. The van der Waals surface area contributed by atoms with Crippen molar-refractivity contribution in [1.29, 1.82) is 0 Å². The first-order chi connectivity index (χ1) is 7.79. The number of pyridine rings is 1. The van der Waals surface area contributed by atoms with Crippen LogP contribution < -0.4 is 10.5 Å². The molecule has 0 radical (unpaired) electrons. The van der Waals surface area contributed by atoms with Crippen LogP contribution in [0.2, 0.25) is 0 Å². The molecule has 4 heteroatoms. The van der Waals surface area contributed by atoms with E-state index in [1.165, 1.54) is 0 Å². The Kier molecular flexibility index (Phi) is 5.82. The highest BCUT2D eigenvalue weighted by molar-refractivity contribution is 5.29. The quantitative estimate of drug-likeness (QED) is 0.719. The molecule has 0 saturated heterocycles. The van der Waals surface area contributed by atoms with Crippen LogP contribution >= 0.6 is 0 Å². The summed E-state index contributed by atoms with van der Waals surface area (Å²) >= 11 is 0. The molecule has 0 bridgehead atoms. The van der Waals surface area contributed by atoms with Gasteiger partial charge < -0.3 is 15.2 Å². The van der Waals surface area contributed by atoms with Crippen LogP contribution in [0.1, 0.15) is 31.5 Å². The lowest BCUT2D eigenvalue weighted by atomic mass is 10.1. The average molecular weight is 224 g/mol. The first-order valence-electron chi connectivity index (χ1n) is 5.61. The predicted molar refractivity (Wildman–Crippen MR) is 63.4 cm³/mol. The first-order valence-corrected chi connectivity index (χ1v) is 5.61. The Balaban J connectivity index is 2.48. The second-order valence-electron chi connectivity index (χ2n) is 3.60. The van der Waals surface area contributed by atoms with Crippen LogP contribution in [-0.2, 0) is 4.74 Å². The van der Waals surface area contributed by atoms with Crippen LogP contribution in [0.5, 0.6) is 5.75 Å². The third-order valence-corrected chi connectivity index (χ3v) is 2.29. The van der Waals surface area contributed by atoms with Gasteiger partial charge in [-0.2, -0.15) is 0 Å². The minimum Gasteiger partial charge on any atom is -0.495 e. The number of aromatic nitrogens is 1. The lowest BCUT2D eigenvalue weighted by Crippen LogP contribution is -2.15. The predicted octanol–water partition coefficient (Wildman–Crippen LogP) is 1.91. The highest BCUT2D eigenvalue weighted by Crippen LogP contribution is 2.22. The molecule has 90 valence electrons. The van der Waals surface area contributed by atoms with E-state index in [9.17, 15) is 0 Å². The molecule has 0 aromatic carbocycles. The molecule has 0 aliphatic heterocycles. The zero-order chi connectivity index (χ0) is 11.8. The molecule has 1 heterocycles. The molecule has 0 saturated carbocycles. The summed E-state index contributed by atoms with van der Waals surface area (Å²) in [6.45, 7) is 3.53. The van der Waals surface area contributed by atoms with Gasteiger partial charge in [-0.1, -0.05) is 6.92 Å². The summed E-state index contributed by atoms with van der Waals surface area (Å²) in [4.78, 5) is 4.24. The van der Waals surface area contributed by atoms with Crippen LogP contribution in [0.4, 0.5) is 0 Å². The molecule has 1 atom stereocenters. The van der Waals surface area contributed by atoms with Gasteiger partial charge in [-0.15, -0.1) is 0 Å². The van der Waals surface area contributed by atoms with Gasteiger partial charge in [0.1, 0.15) is 5.75 Å². The molecule has 4 nitrogen and oxygen atoms in total. The molecule has 0 aliphatic carbocycles. The van der Waals surface area contributed by atoms with E-state index in [1.807, 2.05) is 12.1 Å². The number of nitrogens with two attached hydrogens (primary N) is 1. The minimum absolute atomic E-state index is 0.131. The molecular weight excluding hydrogens is 204 g/mol. The van der Waals surface area contributed by atoms with E-state index in [2.05, 4.69) is 11.9 Å². The minimum atomic E-state index is -0.131. The molecule has 1 unspecified atom stereocenters. The third-order valence-electron chi connectivity index (χ3n) is 2.29. The van der Waals surface area contributed by atoms with Crippen LogP contribution in [0, 0.1) is 0 Å². The molecule has 0 amide bonds. The standard InChI is InChI=1S/C12H20N2O2/c1-3-8-16-9-6-10(13)12-11(15-2)5-4-7-14-12/h4-5,7,10H,3,6,8-9,13H2,1-2H3. The molecule has 0 aliphatic rings. The Morgan fingerprint density at radius 3 is 2.94 bits per heavy atom. The number of ether oxygens (including phenoxy) is 2. The first kappa shape index (κ1) is 12.9. The van der Waals surface area contributed by atoms with E-state index in [4.69, 9.17) is 15.2 Å². The van der Waals surface area contributed by atoms with Gasteiger partial charge in [0.15, 0.2) is 0 Å². The summed E-state index contributed by atoms with van der Waals surface area (Å²) in [5.41, 5.74) is 6.83. The van der Waals surface area contributed by atoms with Gasteiger partial charge in [-0.05, 0) is 25.0 Å². The lowest BCUT2D eigenvalue weighted by molar-refractivity contribution is 0.127.